The molecule has 2 heterocycles. The van der Waals surface area contributed by atoms with Crippen LogP contribution >= 0.6 is 11.3 Å². The van der Waals surface area contributed by atoms with Crippen molar-refractivity contribution in [2.45, 2.75) is 19.3 Å². The second-order valence-corrected chi connectivity index (χ2v) is 7.10. The first kappa shape index (κ1) is 17.4. The highest BCUT2D eigenvalue weighted by atomic mass is 32.1. The molecule has 136 valence electrons. The molecule has 0 unspecified atom stereocenters. The number of carbonyl (C=O) groups excluding carboxylic acids is 2. The van der Waals surface area contributed by atoms with Crippen LogP contribution in [0.4, 0.5) is 15.8 Å². The van der Waals surface area contributed by atoms with Gasteiger partial charge in [0.15, 0.2) is 0 Å². The van der Waals surface area contributed by atoms with E-state index in [-0.39, 0.29) is 23.3 Å². The summed E-state index contributed by atoms with van der Waals surface area (Å²) in [6, 6.07) is 11.7. The Morgan fingerprint density at radius 2 is 2.04 bits per heavy atom. The average Bonchev–Trinajstić information content (AvgIpc) is 3.06. The lowest BCUT2D eigenvalue weighted by Gasteiger charge is -2.10. The number of hydrogen-bond acceptors (Lipinski definition) is 4. The molecule has 4 rings (SSSR count). The smallest absolute Gasteiger partial charge is 0.275 e. The predicted molar refractivity (Wildman–Crippen MR) is 103 cm³/mol. The number of halogens is 1. The molecular weight excluding hydrogens is 365 g/mol. The molecule has 2 N–H and O–H groups in total. The van der Waals surface area contributed by atoms with Crippen LogP contribution in [0.1, 0.15) is 28.9 Å². The Hall–Kier alpha value is -3.06. The number of benzene rings is 2. The largest absolute Gasteiger partial charge is 0.326 e. The number of nitrogens with zero attached hydrogens (tertiary/aromatic N) is 1. The average molecular weight is 381 g/mol. The molecule has 1 aromatic heterocycles. The van der Waals surface area contributed by atoms with E-state index in [0.29, 0.717) is 22.7 Å². The lowest BCUT2D eigenvalue weighted by Crippen LogP contribution is -2.13. The van der Waals surface area contributed by atoms with E-state index in [1.54, 1.807) is 35.7 Å². The summed E-state index contributed by atoms with van der Waals surface area (Å²) in [5.41, 5.74) is 3.02. The topological polar surface area (TPSA) is 71.1 Å². The van der Waals surface area contributed by atoms with Gasteiger partial charge in [-0.3, -0.25) is 9.59 Å². The van der Waals surface area contributed by atoms with Gasteiger partial charge in [0.2, 0.25) is 5.91 Å². The summed E-state index contributed by atoms with van der Waals surface area (Å²) in [4.78, 5) is 28.4. The minimum atomic E-state index is -0.369. The molecule has 3 aromatic rings. The summed E-state index contributed by atoms with van der Waals surface area (Å²) >= 11 is 1.22. The van der Waals surface area contributed by atoms with Gasteiger partial charge in [-0.1, -0.05) is 12.1 Å². The third kappa shape index (κ3) is 3.73. The van der Waals surface area contributed by atoms with Crippen LogP contribution in [0.15, 0.2) is 47.8 Å². The number of anilines is 2. The van der Waals surface area contributed by atoms with E-state index in [2.05, 4.69) is 15.6 Å². The molecule has 0 bridgehead atoms. The van der Waals surface area contributed by atoms with Crippen molar-refractivity contribution in [2.75, 3.05) is 10.6 Å². The molecule has 1 aliphatic rings. The highest BCUT2D eigenvalue weighted by molar-refractivity contribution is 7.13. The van der Waals surface area contributed by atoms with Gasteiger partial charge in [-0.25, -0.2) is 9.37 Å². The summed E-state index contributed by atoms with van der Waals surface area (Å²) in [5.74, 6) is -0.716. The maximum Gasteiger partial charge on any atom is 0.275 e. The van der Waals surface area contributed by atoms with Crippen LogP contribution in [0.25, 0.3) is 10.6 Å². The molecule has 7 heteroatoms. The third-order valence-corrected chi connectivity index (χ3v) is 5.20. The van der Waals surface area contributed by atoms with Crippen molar-refractivity contribution in [2.24, 2.45) is 0 Å². The lowest BCUT2D eigenvalue weighted by molar-refractivity contribution is -0.116. The van der Waals surface area contributed by atoms with Gasteiger partial charge < -0.3 is 10.6 Å². The van der Waals surface area contributed by atoms with E-state index in [0.717, 1.165) is 24.1 Å². The first-order valence-corrected chi connectivity index (χ1v) is 9.43. The highest BCUT2D eigenvalue weighted by Crippen LogP contribution is 2.28. The fraction of sp³-hybridized carbons (Fsp3) is 0.150. The zero-order chi connectivity index (χ0) is 18.8. The van der Waals surface area contributed by atoms with Crippen LogP contribution in [0.2, 0.25) is 0 Å². The van der Waals surface area contributed by atoms with Gasteiger partial charge in [-0.2, -0.15) is 0 Å². The molecule has 0 saturated carbocycles. The van der Waals surface area contributed by atoms with Crippen molar-refractivity contribution >= 4 is 34.5 Å². The minimum absolute atomic E-state index is 0.00804. The van der Waals surface area contributed by atoms with E-state index in [9.17, 15) is 14.0 Å². The van der Waals surface area contributed by atoms with E-state index in [1.165, 1.54) is 17.4 Å². The number of fused-ring (bicyclic) bond motifs is 1. The van der Waals surface area contributed by atoms with Gasteiger partial charge in [-0.15, -0.1) is 11.3 Å². The summed E-state index contributed by atoms with van der Waals surface area (Å²) in [7, 11) is 0. The second-order valence-electron chi connectivity index (χ2n) is 6.25. The van der Waals surface area contributed by atoms with Crippen molar-refractivity contribution in [1.82, 2.24) is 4.98 Å². The molecule has 0 radical (unpaired) electrons. The van der Waals surface area contributed by atoms with E-state index < -0.39 is 0 Å². The van der Waals surface area contributed by atoms with Crippen LogP contribution in [0.5, 0.6) is 0 Å². The highest BCUT2D eigenvalue weighted by Gasteiger charge is 2.16. The quantitative estimate of drug-likeness (QED) is 0.703. The van der Waals surface area contributed by atoms with Crippen molar-refractivity contribution in [3.8, 4) is 10.6 Å². The zero-order valence-corrected chi connectivity index (χ0v) is 15.1. The van der Waals surface area contributed by atoms with Crippen LogP contribution in [0, 0.1) is 5.82 Å². The van der Waals surface area contributed by atoms with Gasteiger partial charge in [0, 0.05) is 28.7 Å². The van der Waals surface area contributed by atoms with Crippen LogP contribution in [0.3, 0.4) is 0 Å². The van der Waals surface area contributed by atoms with Crippen molar-refractivity contribution in [3.63, 3.8) is 0 Å². The molecule has 0 aliphatic carbocycles. The number of amides is 2. The van der Waals surface area contributed by atoms with E-state index >= 15 is 0 Å². The van der Waals surface area contributed by atoms with E-state index in [4.69, 9.17) is 0 Å². The SMILES string of the molecule is O=C1CCCc2cc(NC(=O)c3csc(-c4ccccc4F)n3)ccc2N1. The Bertz CT molecular complexity index is 1030. The van der Waals surface area contributed by atoms with Gasteiger partial charge in [0.25, 0.3) is 5.91 Å². The number of carbonyl (C=O) groups is 2. The molecule has 27 heavy (non-hydrogen) atoms. The number of aromatic nitrogens is 1. The van der Waals surface area contributed by atoms with Gasteiger partial charge in [0.1, 0.15) is 16.5 Å². The Labute approximate surface area is 159 Å². The molecule has 0 saturated heterocycles. The lowest BCUT2D eigenvalue weighted by atomic mass is 10.1. The predicted octanol–water partition coefficient (Wildman–Crippen LogP) is 4.48. The first-order chi connectivity index (χ1) is 13.1. The van der Waals surface area contributed by atoms with E-state index in [1.807, 2.05) is 6.07 Å². The second kappa shape index (κ2) is 7.28. The van der Waals surface area contributed by atoms with Crippen molar-refractivity contribution in [1.29, 1.82) is 0 Å². The number of aryl methyl sites for hydroxylation is 1. The molecule has 1 aliphatic heterocycles. The van der Waals surface area contributed by atoms with Crippen LogP contribution in [-0.4, -0.2) is 16.8 Å². The number of hydrogen-bond donors (Lipinski definition) is 2. The Kier molecular flexibility index (Phi) is 4.68. The number of nitrogens with one attached hydrogen (secondary N) is 2. The van der Waals surface area contributed by atoms with Gasteiger partial charge >= 0.3 is 0 Å². The Morgan fingerprint density at radius 1 is 1.19 bits per heavy atom. The van der Waals surface area contributed by atoms with Gasteiger partial charge in [-0.05, 0) is 48.7 Å². The third-order valence-electron chi connectivity index (χ3n) is 4.33. The fourth-order valence-corrected chi connectivity index (χ4v) is 3.81. The molecule has 0 spiro atoms. The summed E-state index contributed by atoms with van der Waals surface area (Å²) < 4.78 is 13.9. The maximum atomic E-state index is 13.9. The Morgan fingerprint density at radius 3 is 2.89 bits per heavy atom. The molecule has 2 aromatic carbocycles. The monoisotopic (exact) mass is 381 g/mol. The fourth-order valence-electron chi connectivity index (χ4n) is 2.98. The van der Waals surface area contributed by atoms with Crippen LogP contribution < -0.4 is 10.6 Å². The summed E-state index contributed by atoms with van der Waals surface area (Å²) in [6.07, 6.45) is 2.04. The molecule has 0 fully saturated rings. The Balaban J connectivity index is 1.52. The van der Waals surface area contributed by atoms with Gasteiger partial charge in [0.05, 0.1) is 0 Å². The standard InChI is InChI=1S/C20H16FN3O2S/c21-15-6-2-1-5-14(15)20-24-17(11-27-20)19(26)22-13-8-9-16-12(10-13)4-3-7-18(25)23-16/h1-2,5-6,8-11H,3-4,7H2,(H,22,26)(H,23,25). The van der Waals surface area contributed by atoms with Crippen LogP contribution in [-0.2, 0) is 11.2 Å². The van der Waals surface area contributed by atoms with Crippen molar-refractivity contribution < 1.29 is 14.0 Å². The number of thiazole rings is 1. The molecule has 2 amide bonds. The molecular formula is C20H16FN3O2S. The summed E-state index contributed by atoms with van der Waals surface area (Å²) in [5, 5.41) is 7.75. The summed E-state index contributed by atoms with van der Waals surface area (Å²) in [6.45, 7) is 0. The van der Waals surface area contributed by atoms with Crippen molar-refractivity contribution in [3.05, 3.63) is 64.9 Å². The zero-order valence-electron chi connectivity index (χ0n) is 14.3. The normalized spacial score (nSPS) is 13.4. The number of rotatable bonds is 3. The molecule has 0 atom stereocenters. The maximum absolute atomic E-state index is 13.9. The molecule has 5 nitrogen and oxygen atoms in total. The first-order valence-electron chi connectivity index (χ1n) is 8.55. The minimum Gasteiger partial charge on any atom is -0.326 e.